The van der Waals surface area contributed by atoms with Gasteiger partial charge in [0.1, 0.15) is 0 Å². The monoisotopic (exact) mass is 259 g/mol. The normalized spacial score (nSPS) is 13.1. The van der Waals surface area contributed by atoms with Crippen molar-refractivity contribution >= 4 is 11.8 Å². The Labute approximate surface area is 103 Å². The van der Waals surface area contributed by atoms with Gasteiger partial charge in [-0.15, -0.1) is 6.42 Å². The molecule has 0 saturated heterocycles. The van der Waals surface area contributed by atoms with Crippen molar-refractivity contribution < 1.29 is 13.2 Å². The molecule has 1 aromatic rings. The quantitative estimate of drug-likeness (QED) is 0.657. The highest BCUT2D eigenvalue weighted by Crippen LogP contribution is 2.36. The molecule has 92 valence electrons. The number of alkyl halides is 3. The summed E-state index contributed by atoms with van der Waals surface area (Å²) in [5, 5.41) is 3.05. The molecule has 0 aliphatic heterocycles. The van der Waals surface area contributed by atoms with E-state index < -0.39 is 5.51 Å². The third-order valence-electron chi connectivity index (χ3n) is 2.02. The van der Waals surface area contributed by atoms with Crippen molar-refractivity contribution in [1.29, 1.82) is 0 Å². The van der Waals surface area contributed by atoms with Crippen molar-refractivity contribution in [3.05, 3.63) is 29.8 Å². The number of hydrogen-bond donors (Lipinski definition) is 1. The van der Waals surface area contributed by atoms with Gasteiger partial charge in [0.2, 0.25) is 0 Å². The molecular weight excluding hydrogens is 247 g/mol. The van der Waals surface area contributed by atoms with Gasteiger partial charge in [-0.05, 0) is 36.4 Å². The molecule has 0 aliphatic rings. The van der Waals surface area contributed by atoms with Crippen molar-refractivity contribution in [2.45, 2.75) is 29.9 Å². The molecule has 1 atom stereocenters. The van der Waals surface area contributed by atoms with E-state index >= 15 is 0 Å². The summed E-state index contributed by atoms with van der Waals surface area (Å²) in [6.45, 7) is 2.39. The van der Waals surface area contributed by atoms with Crippen molar-refractivity contribution in [3.8, 4) is 12.3 Å². The van der Waals surface area contributed by atoms with E-state index in [0.29, 0.717) is 6.54 Å². The molecule has 5 heteroatoms. The zero-order valence-corrected chi connectivity index (χ0v) is 10.0. The lowest BCUT2D eigenvalue weighted by Crippen LogP contribution is -2.23. The topological polar surface area (TPSA) is 12.0 Å². The van der Waals surface area contributed by atoms with Crippen LogP contribution in [0.25, 0.3) is 0 Å². The van der Waals surface area contributed by atoms with Crippen molar-refractivity contribution in [2.75, 3.05) is 0 Å². The Hall–Kier alpha value is -1.12. The predicted octanol–water partition coefficient (Wildman–Crippen LogP) is 3.41. The van der Waals surface area contributed by atoms with E-state index in [1.54, 1.807) is 12.1 Å². The van der Waals surface area contributed by atoms with Gasteiger partial charge in [0.25, 0.3) is 0 Å². The Morgan fingerprint density at radius 2 is 1.94 bits per heavy atom. The highest BCUT2D eigenvalue weighted by molar-refractivity contribution is 8.00. The number of nitrogens with one attached hydrogen (secondary N) is 1. The molecule has 1 rings (SSSR count). The van der Waals surface area contributed by atoms with Crippen LogP contribution >= 0.6 is 11.8 Å². The largest absolute Gasteiger partial charge is 0.446 e. The van der Waals surface area contributed by atoms with Crippen molar-refractivity contribution in [2.24, 2.45) is 0 Å². The van der Waals surface area contributed by atoms with E-state index in [0.717, 1.165) is 5.56 Å². The summed E-state index contributed by atoms with van der Waals surface area (Å²) in [5.74, 6) is 2.51. The SMILES string of the molecule is C#CC(C)NCc1ccc(SC(F)(F)F)cc1. The van der Waals surface area contributed by atoms with Crippen LogP contribution in [-0.4, -0.2) is 11.6 Å². The van der Waals surface area contributed by atoms with Crippen LogP contribution in [0.4, 0.5) is 13.2 Å². The highest BCUT2D eigenvalue weighted by atomic mass is 32.2. The van der Waals surface area contributed by atoms with Gasteiger partial charge in [-0.3, -0.25) is 5.32 Å². The summed E-state index contributed by atoms with van der Waals surface area (Å²) >= 11 is -0.114. The number of rotatable bonds is 4. The van der Waals surface area contributed by atoms with Crippen LogP contribution in [0.3, 0.4) is 0 Å². The maximum Gasteiger partial charge on any atom is 0.446 e. The molecule has 17 heavy (non-hydrogen) atoms. The molecule has 0 amide bonds. The fourth-order valence-corrected chi connectivity index (χ4v) is 1.68. The molecule has 0 saturated carbocycles. The standard InChI is InChI=1S/C12H12F3NS/c1-3-9(2)16-8-10-4-6-11(7-5-10)17-12(13,14)15/h1,4-7,9,16H,8H2,2H3. The number of terminal acetylenes is 1. The molecule has 0 bridgehead atoms. The third kappa shape index (κ3) is 5.66. The minimum atomic E-state index is -4.24. The maximum absolute atomic E-state index is 12.1. The number of halogens is 3. The van der Waals surface area contributed by atoms with Gasteiger partial charge in [-0.1, -0.05) is 18.1 Å². The van der Waals surface area contributed by atoms with Gasteiger partial charge < -0.3 is 0 Å². The van der Waals surface area contributed by atoms with Crippen LogP contribution in [0.1, 0.15) is 12.5 Å². The van der Waals surface area contributed by atoms with Crippen molar-refractivity contribution in [3.63, 3.8) is 0 Å². The van der Waals surface area contributed by atoms with E-state index in [9.17, 15) is 13.2 Å². The smallest absolute Gasteiger partial charge is 0.300 e. The minimum absolute atomic E-state index is 0.0563. The van der Waals surface area contributed by atoms with Gasteiger partial charge in [0.15, 0.2) is 0 Å². The van der Waals surface area contributed by atoms with Crippen LogP contribution < -0.4 is 5.32 Å². The first-order valence-electron chi connectivity index (χ1n) is 4.95. The molecule has 1 N–H and O–H groups in total. The second kappa shape index (κ2) is 5.99. The Balaban J connectivity index is 2.54. The molecule has 0 aliphatic carbocycles. The maximum atomic E-state index is 12.1. The molecular formula is C12H12F3NS. The van der Waals surface area contributed by atoms with Gasteiger partial charge in [0.05, 0.1) is 6.04 Å². The highest BCUT2D eigenvalue weighted by Gasteiger charge is 2.28. The van der Waals surface area contributed by atoms with Crippen LogP contribution in [0.15, 0.2) is 29.2 Å². The summed E-state index contributed by atoms with van der Waals surface area (Å²) in [4.78, 5) is 0.186. The zero-order chi connectivity index (χ0) is 12.9. The summed E-state index contributed by atoms with van der Waals surface area (Å²) in [6, 6.07) is 6.17. The lowest BCUT2D eigenvalue weighted by Gasteiger charge is -2.09. The van der Waals surface area contributed by atoms with Gasteiger partial charge in [0, 0.05) is 11.4 Å². The van der Waals surface area contributed by atoms with E-state index in [1.165, 1.54) is 12.1 Å². The molecule has 0 spiro atoms. The number of thioether (sulfide) groups is 1. The van der Waals surface area contributed by atoms with E-state index in [-0.39, 0.29) is 22.7 Å². The minimum Gasteiger partial charge on any atom is -0.300 e. The summed E-state index contributed by atoms with van der Waals surface area (Å²) in [5.41, 5.74) is -3.34. The van der Waals surface area contributed by atoms with Gasteiger partial charge >= 0.3 is 5.51 Å². The third-order valence-corrected chi connectivity index (χ3v) is 2.76. The Kier molecular flexibility index (Phi) is 4.91. The summed E-state index contributed by atoms with van der Waals surface area (Å²) < 4.78 is 36.2. The van der Waals surface area contributed by atoms with E-state index in [4.69, 9.17) is 6.42 Å². The van der Waals surface area contributed by atoms with Crippen LogP contribution in [0, 0.1) is 12.3 Å². The molecule has 0 fully saturated rings. The lowest BCUT2D eigenvalue weighted by atomic mass is 10.2. The second-order valence-electron chi connectivity index (χ2n) is 3.46. The Bertz CT molecular complexity index is 392. The first kappa shape index (κ1) is 13.9. The number of benzene rings is 1. The zero-order valence-electron chi connectivity index (χ0n) is 9.21. The average molecular weight is 259 g/mol. The first-order chi connectivity index (χ1) is 7.90. The van der Waals surface area contributed by atoms with Crippen LogP contribution in [-0.2, 0) is 6.54 Å². The summed E-state index contributed by atoms with van der Waals surface area (Å²) in [6.07, 6.45) is 5.19. The molecule has 1 aromatic carbocycles. The Morgan fingerprint density at radius 3 is 2.41 bits per heavy atom. The fourth-order valence-electron chi connectivity index (χ4n) is 1.14. The molecule has 1 nitrogen and oxygen atoms in total. The average Bonchev–Trinajstić information content (AvgIpc) is 2.25. The van der Waals surface area contributed by atoms with E-state index in [1.807, 2.05) is 6.92 Å². The molecule has 0 aromatic heterocycles. The molecule has 0 heterocycles. The number of hydrogen-bond acceptors (Lipinski definition) is 2. The Morgan fingerprint density at radius 1 is 1.35 bits per heavy atom. The van der Waals surface area contributed by atoms with Gasteiger partial charge in [-0.2, -0.15) is 13.2 Å². The fraction of sp³-hybridized carbons (Fsp3) is 0.333. The molecule has 0 radical (unpaired) electrons. The molecule has 1 unspecified atom stereocenters. The summed E-state index contributed by atoms with van der Waals surface area (Å²) in [7, 11) is 0. The first-order valence-corrected chi connectivity index (χ1v) is 5.76. The lowest BCUT2D eigenvalue weighted by molar-refractivity contribution is -0.0328. The van der Waals surface area contributed by atoms with Crippen LogP contribution in [0.5, 0.6) is 0 Å². The predicted molar refractivity (Wildman–Crippen MR) is 63.5 cm³/mol. The van der Waals surface area contributed by atoms with Gasteiger partial charge in [-0.25, -0.2) is 0 Å². The van der Waals surface area contributed by atoms with Crippen molar-refractivity contribution in [1.82, 2.24) is 5.32 Å². The second-order valence-corrected chi connectivity index (χ2v) is 4.60. The van der Waals surface area contributed by atoms with Crippen LogP contribution in [0.2, 0.25) is 0 Å². The van der Waals surface area contributed by atoms with E-state index in [2.05, 4.69) is 11.2 Å².